The van der Waals surface area contributed by atoms with E-state index in [-0.39, 0.29) is 23.6 Å². The molecule has 7 heteroatoms. The first-order chi connectivity index (χ1) is 12.9. The highest BCUT2D eigenvalue weighted by Crippen LogP contribution is 2.45. The van der Waals surface area contributed by atoms with Crippen molar-refractivity contribution in [3.05, 3.63) is 29.3 Å². The minimum absolute atomic E-state index is 0.0348. The van der Waals surface area contributed by atoms with Gasteiger partial charge >= 0.3 is 0 Å². The van der Waals surface area contributed by atoms with E-state index in [1.807, 2.05) is 23.1 Å². The number of fused-ring (bicyclic) bond motifs is 3. The molecule has 1 N–H and O–H groups in total. The minimum atomic E-state index is -3.33. The van der Waals surface area contributed by atoms with Gasteiger partial charge in [-0.15, -0.1) is 0 Å². The Labute approximate surface area is 162 Å². The molecule has 2 saturated heterocycles. The van der Waals surface area contributed by atoms with Crippen LogP contribution in [-0.4, -0.2) is 57.2 Å². The van der Waals surface area contributed by atoms with Crippen molar-refractivity contribution in [2.45, 2.75) is 45.1 Å². The zero-order valence-electron chi connectivity index (χ0n) is 16.1. The van der Waals surface area contributed by atoms with Crippen LogP contribution in [0.3, 0.4) is 0 Å². The van der Waals surface area contributed by atoms with Gasteiger partial charge in [-0.05, 0) is 62.4 Å². The van der Waals surface area contributed by atoms with Crippen molar-refractivity contribution in [2.24, 2.45) is 5.92 Å². The molecule has 2 unspecified atom stereocenters. The van der Waals surface area contributed by atoms with Gasteiger partial charge in [-0.25, -0.2) is 8.42 Å². The Morgan fingerprint density at radius 2 is 1.96 bits per heavy atom. The Bertz CT molecular complexity index is 831. The number of carbonyl (C=O) groups is 1. The SMILES string of the molecule is CCS(=O)(=O)N1c2ccc(C(=O)N3CCC(C)CC3)cc2C2CNCCC21. The molecule has 1 aromatic carbocycles. The third-order valence-electron chi connectivity index (χ3n) is 6.39. The van der Waals surface area contributed by atoms with Crippen LogP contribution < -0.4 is 9.62 Å². The molecule has 2 fully saturated rings. The largest absolute Gasteiger partial charge is 0.339 e. The summed E-state index contributed by atoms with van der Waals surface area (Å²) < 4.78 is 27.1. The van der Waals surface area contributed by atoms with Crippen molar-refractivity contribution in [1.82, 2.24) is 10.2 Å². The van der Waals surface area contributed by atoms with Crippen molar-refractivity contribution in [1.29, 1.82) is 0 Å². The van der Waals surface area contributed by atoms with Crippen LogP contribution >= 0.6 is 0 Å². The van der Waals surface area contributed by atoms with Gasteiger partial charge in [0.25, 0.3) is 5.91 Å². The predicted octanol–water partition coefficient (Wildman–Crippen LogP) is 2.17. The molecule has 148 valence electrons. The lowest BCUT2D eigenvalue weighted by molar-refractivity contribution is 0.0697. The zero-order chi connectivity index (χ0) is 19.2. The van der Waals surface area contributed by atoms with E-state index in [2.05, 4.69) is 12.2 Å². The van der Waals surface area contributed by atoms with E-state index in [1.165, 1.54) is 0 Å². The van der Waals surface area contributed by atoms with Gasteiger partial charge in [0.1, 0.15) is 0 Å². The molecular weight excluding hydrogens is 362 g/mol. The Kier molecular flexibility index (Phi) is 4.93. The minimum Gasteiger partial charge on any atom is -0.339 e. The smallest absolute Gasteiger partial charge is 0.253 e. The second-order valence-electron chi connectivity index (χ2n) is 8.11. The zero-order valence-corrected chi connectivity index (χ0v) is 17.0. The van der Waals surface area contributed by atoms with Crippen LogP contribution in [0.2, 0.25) is 0 Å². The second kappa shape index (κ2) is 7.09. The summed E-state index contributed by atoms with van der Waals surface area (Å²) in [6.07, 6.45) is 2.90. The first kappa shape index (κ1) is 18.7. The molecule has 2 atom stereocenters. The number of sulfonamides is 1. The summed E-state index contributed by atoms with van der Waals surface area (Å²) >= 11 is 0. The molecule has 27 heavy (non-hydrogen) atoms. The Balaban J connectivity index is 1.68. The summed E-state index contributed by atoms with van der Waals surface area (Å²) in [4.78, 5) is 14.9. The van der Waals surface area contributed by atoms with Crippen molar-refractivity contribution in [2.75, 3.05) is 36.2 Å². The summed E-state index contributed by atoms with van der Waals surface area (Å²) in [5, 5.41) is 3.39. The van der Waals surface area contributed by atoms with Crippen molar-refractivity contribution >= 4 is 21.6 Å². The Morgan fingerprint density at radius 1 is 1.22 bits per heavy atom. The van der Waals surface area contributed by atoms with Crippen LogP contribution in [0, 0.1) is 5.92 Å². The molecule has 3 aliphatic heterocycles. The van der Waals surface area contributed by atoms with Crippen LogP contribution in [0.5, 0.6) is 0 Å². The summed E-state index contributed by atoms with van der Waals surface area (Å²) in [5.74, 6) is 0.956. The molecule has 4 rings (SSSR count). The number of nitrogens with zero attached hydrogens (tertiary/aromatic N) is 2. The topological polar surface area (TPSA) is 69.7 Å². The molecule has 3 heterocycles. The monoisotopic (exact) mass is 391 g/mol. The van der Waals surface area contributed by atoms with Gasteiger partial charge in [0.2, 0.25) is 10.0 Å². The van der Waals surface area contributed by atoms with Gasteiger partial charge in [0.15, 0.2) is 0 Å². The fraction of sp³-hybridized carbons (Fsp3) is 0.650. The summed E-state index contributed by atoms with van der Waals surface area (Å²) in [6.45, 7) is 7.12. The molecule has 0 saturated carbocycles. The lowest BCUT2D eigenvalue weighted by Crippen LogP contribution is -2.47. The highest BCUT2D eigenvalue weighted by Gasteiger charge is 2.44. The van der Waals surface area contributed by atoms with E-state index in [0.29, 0.717) is 11.5 Å². The normalized spacial score (nSPS) is 26.0. The van der Waals surface area contributed by atoms with E-state index < -0.39 is 10.0 Å². The van der Waals surface area contributed by atoms with Gasteiger partial charge in [0, 0.05) is 31.1 Å². The van der Waals surface area contributed by atoms with Crippen LogP contribution in [0.4, 0.5) is 5.69 Å². The second-order valence-corrected chi connectivity index (χ2v) is 10.2. The van der Waals surface area contributed by atoms with E-state index in [4.69, 9.17) is 0 Å². The third kappa shape index (κ3) is 3.25. The maximum atomic E-state index is 13.0. The number of hydrogen-bond donors (Lipinski definition) is 1. The lowest BCUT2D eigenvalue weighted by Gasteiger charge is -2.32. The first-order valence-electron chi connectivity index (χ1n) is 10.1. The highest BCUT2D eigenvalue weighted by molar-refractivity contribution is 7.92. The van der Waals surface area contributed by atoms with Gasteiger partial charge in [-0.1, -0.05) is 6.92 Å². The fourth-order valence-corrected chi connectivity index (χ4v) is 6.11. The number of amides is 1. The third-order valence-corrected chi connectivity index (χ3v) is 8.19. The molecule has 1 aromatic rings. The number of piperidine rings is 2. The molecule has 0 bridgehead atoms. The molecule has 6 nitrogen and oxygen atoms in total. The quantitative estimate of drug-likeness (QED) is 0.857. The molecule has 0 spiro atoms. The number of rotatable bonds is 3. The average molecular weight is 392 g/mol. The number of anilines is 1. The Hall–Kier alpha value is -1.60. The van der Waals surface area contributed by atoms with E-state index in [9.17, 15) is 13.2 Å². The van der Waals surface area contributed by atoms with Crippen LogP contribution in [0.15, 0.2) is 18.2 Å². The molecule has 1 amide bonds. The van der Waals surface area contributed by atoms with Gasteiger partial charge in [-0.2, -0.15) is 0 Å². The maximum absolute atomic E-state index is 13.0. The summed E-state index contributed by atoms with van der Waals surface area (Å²) in [5.41, 5.74) is 2.45. The predicted molar refractivity (Wildman–Crippen MR) is 107 cm³/mol. The number of hydrogen-bond acceptors (Lipinski definition) is 4. The number of likely N-dealkylation sites (tertiary alicyclic amines) is 1. The van der Waals surface area contributed by atoms with Crippen LogP contribution in [0.25, 0.3) is 0 Å². The fourth-order valence-electron chi connectivity index (χ4n) is 4.70. The first-order valence-corrected chi connectivity index (χ1v) is 11.7. The van der Waals surface area contributed by atoms with Gasteiger partial charge < -0.3 is 10.2 Å². The maximum Gasteiger partial charge on any atom is 0.253 e. The van der Waals surface area contributed by atoms with E-state index in [1.54, 1.807) is 11.2 Å². The number of carbonyl (C=O) groups excluding carboxylic acids is 1. The summed E-state index contributed by atoms with van der Waals surface area (Å²) in [6, 6.07) is 5.57. The molecule has 0 aromatic heterocycles. The van der Waals surface area contributed by atoms with Crippen molar-refractivity contribution in [3.63, 3.8) is 0 Å². The molecular formula is C20H29N3O3S. The molecule has 0 aliphatic carbocycles. The standard InChI is InChI=1S/C20H29N3O3S/c1-3-27(25,26)23-18-5-4-15(20(24)22-10-7-14(2)8-11-22)12-16(18)17-13-21-9-6-19(17)23/h4-5,12,14,17,19,21H,3,6-11,13H2,1-2H3. The Morgan fingerprint density at radius 3 is 2.67 bits per heavy atom. The van der Waals surface area contributed by atoms with E-state index in [0.717, 1.165) is 56.7 Å². The van der Waals surface area contributed by atoms with Gasteiger partial charge in [-0.3, -0.25) is 9.10 Å². The molecule has 0 radical (unpaired) electrons. The van der Waals surface area contributed by atoms with Crippen LogP contribution in [0.1, 0.15) is 54.9 Å². The number of nitrogens with one attached hydrogen (secondary N) is 1. The van der Waals surface area contributed by atoms with Gasteiger partial charge in [0.05, 0.1) is 17.5 Å². The van der Waals surface area contributed by atoms with Crippen LogP contribution in [-0.2, 0) is 10.0 Å². The lowest BCUT2D eigenvalue weighted by atomic mass is 9.89. The number of benzene rings is 1. The van der Waals surface area contributed by atoms with Crippen molar-refractivity contribution < 1.29 is 13.2 Å². The highest BCUT2D eigenvalue weighted by atomic mass is 32.2. The van der Waals surface area contributed by atoms with Crippen molar-refractivity contribution in [3.8, 4) is 0 Å². The van der Waals surface area contributed by atoms with E-state index >= 15 is 0 Å². The molecule has 3 aliphatic rings. The average Bonchev–Trinajstić information content (AvgIpc) is 3.02. The summed E-state index contributed by atoms with van der Waals surface area (Å²) in [7, 11) is -3.33.